The minimum Gasteiger partial charge on any atom is -0.444 e. The lowest BCUT2D eigenvalue weighted by Crippen LogP contribution is -2.54. The normalized spacial score (nSPS) is 21.2. The lowest BCUT2D eigenvalue weighted by molar-refractivity contribution is -0.139. The number of hydrogen-bond donors (Lipinski definition) is 0. The number of carbonyl (C=O) groups is 2. The van der Waals surface area contributed by atoms with Gasteiger partial charge in [0.25, 0.3) is 0 Å². The molecule has 2 heterocycles. The van der Waals surface area contributed by atoms with Gasteiger partial charge in [0.2, 0.25) is 5.91 Å². The Balaban J connectivity index is 1.49. The third kappa shape index (κ3) is 6.16. The van der Waals surface area contributed by atoms with Crippen LogP contribution in [0.4, 0.5) is 9.18 Å². The summed E-state index contributed by atoms with van der Waals surface area (Å²) in [4.78, 5) is 31.0. The average molecular weight is 406 g/mol. The number of carbonyl (C=O) groups excluding carboxylic acids is 2. The maximum Gasteiger partial charge on any atom is 0.410 e. The van der Waals surface area contributed by atoms with Crippen LogP contribution in [0.15, 0.2) is 24.3 Å². The molecule has 1 unspecified atom stereocenters. The molecule has 2 amide bonds. The summed E-state index contributed by atoms with van der Waals surface area (Å²) in [6.07, 6.45) is 1.53. The summed E-state index contributed by atoms with van der Waals surface area (Å²) in [7, 11) is 0. The highest BCUT2D eigenvalue weighted by atomic mass is 19.1. The number of piperazine rings is 1. The van der Waals surface area contributed by atoms with E-state index in [-0.39, 0.29) is 23.7 Å². The van der Waals surface area contributed by atoms with Crippen LogP contribution in [-0.2, 0) is 16.1 Å². The van der Waals surface area contributed by atoms with Crippen molar-refractivity contribution in [3.8, 4) is 0 Å². The zero-order valence-corrected chi connectivity index (χ0v) is 17.7. The van der Waals surface area contributed by atoms with Crippen molar-refractivity contribution >= 4 is 12.0 Å². The molecule has 2 aliphatic rings. The molecule has 0 saturated carbocycles. The highest BCUT2D eigenvalue weighted by molar-refractivity contribution is 5.79. The Labute approximate surface area is 172 Å². The van der Waals surface area contributed by atoms with Gasteiger partial charge in [-0.3, -0.25) is 9.69 Å². The molecule has 1 aromatic rings. The van der Waals surface area contributed by atoms with E-state index in [4.69, 9.17) is 4.74 Å². The predicted molar refractivity (Wildman–Crippen MR) is 109 cm³/mol. The summed E-state index contributed by atoms with van der Waals surface area (Å²) in [6.45, 7) is 9.91. The lowest BCUT2D eigenvalue weighted by Gasteiger charge is -2.39. The standard InChI is InChI=1S/C22H32FN3O3/c1-22(2,3)29-21(28)26-12-10-25(11-13-26)20(27)18-7-5-9-24(16-18)15-17-6-4-8-19(23)14-17/h4,6,8,14,18H,5,7,9-13,15-16H2,1-3H3. The van der Waals surface area contributed by atoms with Crippen LogP contribution in [0.1, 0.15) is 39.2 Å². The van der Waals surface area contributed by atoms with E-state index in [2.05, 4.69) is 4.90 Å². The molecule has 3 rings (SSSR count). The number of hydrogen-bond acceptors (Lipinski definition) is 4. The molecule has 1 aromatic carbocycles. The number of benzene rings is 1. The number of amides is 2. The Morgan fingerprint density at radius 1 is 1.10 bits per heavy atom. The number of ether oxygens (including phenoxy) is 1. The third-order valence-corrected chi connectivity index (χ3v) is 5.39. The summed E-state index contributed by atoms with van der Waals surface area (Å²) >= 11 is 0. The summed E-state index contributed by atoms with van der Waals surface area (Å²) < 4.78 is 18.9. The van der Waals surface area contributed by atoms with Crippen LogP contribution in [0.3, 0.4) is 0 Å². The molecule has 0 N–H and O–H groups in total. The van der Waals surface area contributed by atoms with Gasteiger partial charge >= 0.3 is 6.09 Å². The van der Waals surface area contributed by atoms with E-state index in [0.29, 0.717) is 39.3 Å². The van der Waals surface area contributed by atoms with Crippen LogP contribution in [-0.4, -0.2) is 71.6 Å². The monoisotopic (exact) mass is 405 g/mol. The third-order valence-electron chi connectivity index (χ3n) is 5.39. The van der Waals surface area contributed by atoms with Crippen LogP contribution in [0.5, 0.6) is 0 Å². The highest BCUT2D eigenvalue weighted by Gasteiger charge is 2.33. The van der Waals surface area contributed by atoms with E-state index in [1.54, 1.807) is 17.0 Å². The molecule has 2 saturated heterocycles. The van der Waals surface area contributed by atoms with Crippen molar-refractivity contribution in [3.05, 3.63) is 35.6 Å². The maximum atomic E-state index is 13.4. The van der Waals surface area contributed by atoms with Crippen molar-refractivity contribution in [3.63, 3.8) is 0 Å². The number of halogens is 1. The van der Waals surface area contributed by atoms with Crippen LogP contribution in [0.25, 0.3) is 0 Å². The fourth-order valence-electron chi connectivity index (χ4n) is 3.99. The quantitative estimate of drug-likeness (QED) is 0.775. The van der Waals surface area contributed by atoms with Crippen LogP contribution in [0, 0.1) is 11.7 Å². The Bertz CT molecular complexity index is 726. The molecule has 7 heteroatoms. The molecule has 0 aliphatic carbocycles. The SMILES string of the molecule is CC(C)(C)OC(=O)N1CCN(C(=O)C2CCCN(Cc3cccc(F)c3)C2)CC1. The fraction of sp³-hybridized carbons (Fsp3) is 0.636. The molecular formula is C22H32FN3O3. The van der Waals surface area contributed by atoms with E-state index in [0.717, 1.165) is 24.9 Å². The summed E-state index contributed by atoms with van der Waals surface area (Å²) in [5.41, 5.74) is 0.418. The summed E-state index contributed by atoms with van der Waals surface area (Å²) in [6, 6.07) is 6.65. The first-order valence-corrected chi connectivity index (χ1v) is 10.4. The molecular weight excluding hydrogens is 373 g/mol. The predicted octanol–water partition coefficient (Wildman–Crippen LogP) is 3.12. The number of rotatable bonds is 3. The molecule has 0 spiro atoms. The van der Waals surface area contributed by atoms with Gasteiger partial charge in [-0.1, -0.05) is 12.1 Å². The summed E-state index contributed by atoms with van der Waals surface area (Å²) in [5.74, 6) is -0.0989. The molecule has 0 aromatic heterocycles. The van der Waals surface area contributed by atoms with Gasteiger partial charge in [-0.25, -0.2) is 9.18 Å². The first kappa shape index (κ1) is 21.6. The van der Waals surface area contributed by atoms with E-state index in [1.807, 2.05) is 31.7 Å². The highest BCUT2D eigenvalue weighted by Crippen LogP contribution is 2.22. The largest absolute Gasteiger partial charge is 0.444 e. The van der Waals surface area contributed by atoms with Gasteiger partial charge in [0.1, 0.15) is 11.4 Å². The van der Waals surface area contributed by atoms with E-state index >= 15 is 0 Å². The van der Waals surface area contributed by atoms with E-state index < -0.39 is 5.60 Å². The van der Waals surface area contributed by atoms with Gasteiger partial charge in [-0.2, -0.15) is 0 Å². The van der Waals surface area contributed by atoms with Crippen molar-refractivity contribution in [2.45, 2.75) is 45.8 Å². The Kier molecular flexibility index (Phi) is 6.77. The average Bonchev–Trinajstić information content (AvgIpc) is 2.66. The van der Waals surface area contributed by atoms with Gasteiger partial charge in [0.05, 0.1) is 5.92 Å². The summed E-state index contributed by atoms with van der Waals surface area (Å²) in [5, 5.41) is 0. The van der Waals surface area contributed by atoms with Crippen molar-refractivity contribution in [1.29, 1.82) is 0 Å². The number of piperidine rings is 1. The first-order chi connectivity index (χ1) is 13.7. The van der Waals surface area contributed by atoms with Crippen LogP contribution >= 0.6 is 0 Å². The molecule has 0 radical (unpaired) electrons. The maximum absolute atomic E-state index is 13.4. The molecule has 0 bridgehead atoms. The second-order valence-electron chi connectivity index (χ2n) is 9.00. The van der Waals surface area contributed by atoms with Gasteiger partial charge in [0.15, 0.2) is 0 Å². The molecule has 2 aliphatic heterocycles. The zero-order valence-electron chi connectivity index (χ0n) is 17.7. The van der Waals surface area contributed by atoms with Crippen molar-refractivity contribution in [2.24, 2.45) is 5.92 Å². The van der Waals surface area contributed by atoms with Crippen LogP contribution in [0.2, 0.25) is 0 Å². The number of likely N-dealkylation sites (tertiary alicyclic amines) is 1. The topological polar surface area (TPSA) is 53.1 Å². The minimum absolute atomic E-state index is 0.0367. The Morgan fingerprint density at radius 2 is 1.79 bits per heavy atom. The van der Waals surface area contributed by atoms with E-state index in [9.17, 15) is 14.0 Å². The van der Waals surface area contributed by atoms with Gasteiger partial charge in [-0.05, 0) is 57.9 Å². The van der Waals surface area contributed by atoms with Crippen molar-refractivity contribution < 1.29 is 18.7 Å². The van der Waals surface area contributed by atoms with Gasteiger partial charge in [0, 0.05) is 39.3 Å². The van der Waals surface area contributed by atoms with E-state index in [1.165, 1.54) is 6.07 Å². The number of nitrogens with zero attached hydrogens (tertiary/aromatic N) is 3. The lowest BCUT2D eigenvalue weighted by atomic mass is 9.95. The second kappa shape index (κ2) is 9.11. The smallest absolute Gasteiger partial charge is 0.410 e. The fourth-order valence-corrected chi connectivity index (χ4v) is 3.99. The first-order valence-electron chi connectivity index (χ1n) is 10.4. The molecule has 2 fully saturated rings. The molecule has 29 heavy (non-hydrogen) atoms. The zero-order chi connectivity index (χ0) is 21.0. The van der Waals surface area contributed by atoms with Gasteiger partial charge in [-0.15, -0.1) is 0 Å². The molecule has 160 valence electrons. The second-order valence-corrected chi connectivity index (χ2v) is 9.00. The Hall–Kier alpha value is -2.15. The van der Waals surface area contributed by atoms with Gasteiger partial charge < -0.3 is 14.5 Å². The van der Waals surface area contributed by atoms with Crippen molar-refractivity contribution in [1.82, 2.24) is 14.7 Å². The van der Waals surface area contributed by atoms with Crippen molar-refractivity contribution in [2.75, 3.05) is 39.3 Å². The molecule has 1 atom stereocenters. The Morgan fingerprint density at radius 3 is 2.45 bits per heavy atom. The molecule has 6 nitrogen and oxygen atoms in total. The minimum atomic E-state index is -0.517. The van der Waals surface area contributed by atoms with Crippen LogP contribution < -0.4 is 0 Å².